The van der Waals surface area contributed by atoms with Gasteiger partial charge in [-0.15, -0.1) is 0 Å². The summed E-state index contributed by atoms with van der Waals surface area (Å²) in [5.41, 5.74) is 0.829. The van der Waals surface area contributed by atoms with E-state index in [9.17, 15) is 29.7 Å². The third-order valence-electron chi connectivity index (χ3n) is 10.4. The number of phenols is 2. The van der Waals surface area contributed by atoms with Gasteiger partial charge >= 0.3 is 18.0 Å². The van der Waals surface area contributed by atoms with Gasteiger partial charge in [-0.2, -0.15) is 0 Å². The highest BCUT2D eigenvalue weighted by atomic mass is 16.6. The van der Waals surface area contributed by atoms with Crippen molar-refractivity contribution in [2.45, 2.75) is 96.2 Å². The van der Waals surface area contributed by atoms with Crippen molar-refractivity contribution < 1.29 is 53.4 Å². The number of hydrogen-bond donors (Lipinski definition) is 5. The Hall–Kier alpha value is -4.33. The Labute approximate surface area is 291 Å². The highest BCUT2D eigenvalue weighted by molar-refractivity contribution is 5.87. The Morgan fingerprint density at radius 2 is 1.86 bits per heavy atom. The van der Waals surface area contributed by atoms with Crippen LogP contribution in [0.15, 0.2) is 60.3 Å². The fourth-order valence-corrected chi connectivity index (χ4v) is 7.33. The zero-order valence-electron chi connectivity index (χ0n) is 29.2. The molecule has 1 fully saturated rings. The number of esters is 2. The maximum absolute atomic E-state index is 13.6. The van der Waals surface area contributed by atoms with E-state index in [1.807, 2.05) is 39.0 Å². The molecule has 1 aromatic heterocycles. The number of methoxy groups -OCH3 is 1. The minimum absolute atomic E-state index is 0.0240. The van der Waals surface area contributed by atoms with Crippen molar-refractivity contribution in [3.63, 3.8) is 0 Å². The molecule has 2 aliphatic heterocycles. The van der Waals surface area contributed by atoms with E-state index in [0.717, 1.165) is 5.57 Å². The van der Waals surface area contributed by atoms with Gasteiger partial charge < -0.3 is 49.3 Å². The summed E-state index contributed by atoms with van der Waals surface area (Å²) in [6.45, 7) is 8.98. The predicted molar refractivity (Wildman–Crippen MR) is 180 cm³/mol. The summed E-state index contributed by atoms with van der Waals surface area (Å²) in [4.78, 5) is 42.4. The normalized spacial score (nSPS) is 31.2. The van der Waals surface area contributed by atoms with E-state index in [1.54, 1.807) is 38.2 Å². The predicted octanol–water partition coefficient (Wildman–Crippen LogP) is 4.53. The zero-order chi connectivity index (χ0) is 36.3. The number of ether oxygens (including phenoxy) is 5. The van der Waals surface area contributed by atoms with Crippen molar-refractivity contribution in [2.75, 3.05) is 7.11 Å². The van der Waals surface area contributed by atoms with Crippen molar-refractivity contribution in [1.82, 2.24) is 10.3 Å². The number of hydrogen-bond acceptors (Lipinski definition) is 11. The van der Waals surface area contributed by atoms with Crippen LogP contribution in [-0.4, -0.2) is 87.7 Å². The molecule has 5 rings (SSSR count). The molecule has 1 spiro atoms. The van der Waals surface area contributed by atoms with Gasteiger partial charge in [0.05, 0.1) is 11.7 Å². The first-order chi connectivity index (χ1) is 23.7. The van der Waals surface area contributed by atoms with Gasteiger partial charge in [-0.25, -0.2) is 14.4 Å². The number of phenolic OH excluding ortho intramolecular Hbond substituents is 2. The number of aliphatic hydroxyl groups excluding tert-OH is 1. The molecule has 0 unspecified atom stereocenters. The van der Waals surface area contributed by atoms with E-state index < -0.39 is 72.1 Å². The van der Waals surface area contributed by atoms with Crippen LogP contribution in [-0.2, 0) is 35.0 Å². The van der Waals surface area contributed by atoms with Crippen molar-refractivity contribution in [2.24, 2.45) is 23.7 Å². The number of aromatic hydroxyl groups is 2. The Morgan fingerprint density at radius 1 is 1.10 bits per heavy atom. The number of carbonyl (C=O) groups excluding carboxylic acids is 3. The molecule has 272 valence electrons. The molecule has 1 amide bonds. The average molecular weight is 697 g/mol. The number of alkyl carbamates (subject to hydrolysis) is 1. The molecule has 3 aliphatic rings. The van der Waals surface area contributed by atoms with Crippen LogP contribution in [0, 0.1) is 23.7 Å². The highest BCUT2D eigenvalue weighted by Crippen LogP contribution is 2.53. The molecule has 50 heavy (non-hydrogen) atoms. The van der Waals surface area contributed by atoms with E-state index in [-0.39, 0.29) is 36.3 Å². The fraction of sp³-hybridized carbons (Fsp3) is 0.541. The molecule has 2 bridgehead atoms. The first-order valence-corrected chi connectivity index (χ1v) is 17.0. The van der Waals surface area contributed by atoms with E-state index in [1.165, 1.54) is 19.2 Å². The van der Waals surface area contributed by atoms with Crippen molar-refractivity contribution in [3.05, 3.63) is 71.6 Å². The summed E-state index contributed by atoms with van der Waals surface area (Å²) in [6, 6.07) is 7.53. The number of benzene rings is 1. The first-order valence-electron chi connectivity index (χ1n) is 17.0. The van der Waals surface area contributed by atoms with Crippen LogP contribution >= 0.6 is 0 Å². The van der Waals surface area contributed by atoms with Gasteiger partial charge in [0.15, 0.2) is 17.6 Å². The summed E-state index contributed by atoms with van der Waals surface area (Å²) < 4.78 is 30.4. The van der Waals surface area contributed by atoms with Crippen LogP contribution in [0.3, 0.4) is 0 Å². The minimum atomic E-state index is -0.956. The fourth-order valence-electron chi connectivity index (χ4n) is 7.33. The molecule has 11 atom stereocenters. The van der Waals surface area contributed by atoms with E-state index >= 15 is 0 Å². The van der Waals surface area contributed by atoms with E-state index in [0.29, 0.717) is 17.7 Å². The molecule has 0 radical (unpaired) electrons. The SMILES string of the molecule is CO[C@H]1C[C@H]2C=C[C@@H]3C[C@]2(O[C@H]3[C@H](OC(=O)c2ccc[nH]2)[C@H](C)[C@H](C)O)/C(C)=C/[C@@H](C)[C@@H]([C@@H](C)OC(=O)NCc2ccc(O)c(O)c2)OC1=O. The standard InChI is InChI=1S/C37H48N2O11/c1-19-14-20(2)37-17-25(33(50-37)32(21(3)22(4)40)49-34(43)27-8-7-13-38-27)10-11-26(37)16-30(46-6)35(44)48-31(19)23(5)47-36(45)39-18-24-9-12-28(41)29(42)15-24/h7-15,19,21-23,25-26,30-33,38,40-42H,16-18H2,1-6H3,(H,39,45)/b20-14+/t19-,21-,22+,23-,25-,26-,30+,31+,32-,33-,37+/m1/s1. The number of rotatable bonds is 10. The van der Waals surface area contributed by atoms with Gasteiger partial charge in [-0.05, 0) is 69.0 Å². The largest absolute Gasteiger partial charge is 0.504 e. The molecule has 2 aromatic rings. The van der Waals surface area contributed by atoms with Crippen LogP contribution in [0.4, 0.5) is 4.79 Å². The number of aromatic nitrogens is 1. The molecule has 1 aliphatic carbocycles. The summed E-state index contributed by atoms with van der Waals surface area (Å²) in [5.74, 6) is -3.08. The summed E-state index contributed by atoms with van der Waals surface area (Å²) in [5, 5.41) is 32.6. The highest BCUT2D eigenvalue weighted by Gasteiger charge is 2.57. The van der Waals surface area contributed by atoms with Gasteiger partial charge in [0.2, 0.25) is 0 Å². The summed E-state index contributed by atoms with van der Waals surface area (Å²) >= 11 is 0. The van der Waals surface area contributed by atoms with Crippen LogP contribution < -0.4 is 5.32 Å². The van der Waals surface area contributed by atoms with Crippen LogP contribution in [0.2, 0.25) is 0 Å². The van der Waals surface area contributed by atoms with Crippen molar-refractivity contribution in [1.29, 1.82) is 0 Å². The number of fused-ring (bicyclic) bond motifs is 1. The molecule has 5 N–H and O–H groups in total. The van der Waals surface area contributed by atoms with Gasteiger partial charge in [0.1, 0.15) is 30.1 Å². The lowest BCUT2D eigenvalue weighted by atomic mass is 9.69. The molecule has 13 heteroatoms. The number of carbonyl (C=O) groups is 3. The summed E-state index contributed by atoms with van der Waals surface area (Å²) in [6.07, 6.45) is 2.84. The van der Waals surface area contributed by atoms with Crippen LogP contribution in [0.5, 0.6) is 11.5 Å². The molecule has 3 heterocycles. The monoisotopic (exact) mass is 696 g/mol. The number of aromatic amines is 1. The lowest BCUT2D eigenvalue weighted by Crippen LogP contribution is -2.48. The van der Waals surface area contributed by atoms with Crippen LogP contribution in [0.1, 0.15) is 63.5 Å². The lowest BCUT2D eigenvalue weighted by Gasteiger charge is -2.41. The topological polar surface area (TPSA) is 186 Å². The second kappa shape index (κ2) is 15.3. The number of nitrogens with one attached hydrogen (secondary N) is 2. The molecule has 13 nitrogen and oxygen atoms in total. The van der Waals surface area contributed by atoms with Crippen LogP contribution in [0.25, 0.3) is 0 Å². The lowest BCUT2D eigenvalue weighted by molar-refractivity contribution is -0.172. The number of H-pyrrole nitrogens is 1. The Morgan fingerprint density at radius 3 is 2.52 bits per heavy atom. The second-order valence-corrected chi connectivity index (χ2v) is 13.7. The third kappa shape index (κ3) is 7.69. The minimum Gasteiger partial charge on any atom is -0.504 e. The number of amides is 1. The van der Waals surface area contributed by atoms with Gasteiger partial charge in [0.25, 0.3) is 0 Å². The Kier molecular flexibility index (Phi) is 11.3. The smallest absolute Gasteiger partial charge is 0.407 e. The van der Waals surface area contributed by atoms with Crippen molar-refractivity contribution in [3.8, 4) is 11.5 Å². The second-order valence-electron chi connectivity index (χ2n) is 13.7. The maximum atomic E-state index is 13.6. The molecular formula is C37H48N2O11. The molecule has 0 saturated carbocycles. The quantitative estimate of drug-likeness (QED) is 0.102. The Bertz CT molecular complexity index is 1590. The van der Waals surface area contributed by atoms with E-state index in [2.05, 4.69) is 10.3 Å². The van der Waals surface area contributed by atoms with Gasteiger partial charge in [-0.3, -0.25) is 0 Å². The van der Waals surface area contributed by atoms with Gasteiger partial charge in [-0.1, -0.05) is 38.1 Å². The molecule has 1 saturated heterocycles. The summed E-state index contributed by atoms with van der Waals surface area (Å²) in [7, 11) is 1.44. The maximum Gasteiger partial charge on any atom is 0.407 e. The Balaban J connectivity index is 1.40. The van der Waals surface area contributed by atoms with Gasteiger partial charge in [0, 0.05) is 43.5 Å². The number of aliphatic hydroxyl groups is 1. The van der Waals surface area contributed by atoms with E-state index in [4.69, 9.17) is 23.7 Å². The molecular weight excluding hydrogens is 648 g/mol. The van der Waals surface area contributed by atoms with Crippen molar-refractivity contribution >= 4 is 18.0 Å². The zero-order valence-corrected chi connectivity index (χ0v) is 29.2. The molecule has 1 aromatic carbocycles. The average Bonchev–Trinajstić information content (AvgIpc) is 3.73. The first kappa shape index (κ1) is 36.9. The third-order valence-corrected chi connectivity index (χ3v) is 10.4. The number of cyclic esters (lactones) is 1.